The van der Waals surface area contributed by atoms with E-state index in [0.29, 0.717) is 29.5 Å². The maximum atomic E-state index is 12.4. The smallest absolute Gasteiger partial charge is 0.276 e. The number of hydrogen-bond donors (Lipinski definition) is 3. The van der Waals surface area contributed by atoms with E-state index in [9.17, 15) is 9.59 Å². The molecule has 0 spiro atoms. The van der Waals surface area contributed by atoms with Crippen LogP contribution in [0.5, 0.6) is 0 Å². The van der Waals surface area contributed by atoms with Gasteiger partial charge in [0.25, 0.3) is 11.8 Å². The first-order valence-corrected chi connectivity index (χ1v) is 8.74. The standard InChI is InChI=1S/C19H23N5O2/c1-2-10-21-18(25)14-5-7-15(8-6-14)22-19(26)17-9-12-24(23-17)16-4-3-11-20-13-16/h2,5-9,12,16,20H,1,3-4,10-11,13H2,(H,21,25)(H,22,26). The number of anilines is 1. The van der Waals surface area contributed by atoms with E-state index < -0.39 is 0 Å². The molecule has 7 nitrogen and oxygen atoms in total. The molecule has 0 saturated carbocycles. The van der Waals surface area contributed by atoms with Gasteiger partial charge in [-0.1, -0.05) is 6.08 Å². The molecule has 0 aliphatic carbocycles. The monoisotopic (exact) mass is 353 g/mol. The molecule has 1 saturated heterocycles. The maximum Gasteiger partial charge on any atom is 0.276 e. The van der Waals surface area contributed by atoms with Gasteiger partial charge in [0.15, 0.2) is 5.69 Å². The van der Waals surface area contributed by atoms with Crippen LogP contribution in [-0.4, -0.2) is 41.2 Å². The number of nitrogens with zero attached hydrogens (tertiary/aromatic N) is 2. The van der Waals surface area contributed by atoms with Gasteiger partial charge in [0.05, 0.1) is 6.04 Å². The van der Waals surface area contributed by atoms with Crippen LogP contribution in [0.25, 0.3) is 0 Å². The zero-order valence-electron chi connectivity index (χ0n) is 14.6. The maximum absolute atomic E-state index is 12.4. The van der Waals surface area contributed by atoms with Gasteiger partial charge in [-0.05, 0) is 49.7 Å². The number of carbonyl (C=O) groups excluding carboxylic acids is 2. The van der Waals surface area contributed by atoms with Gasteiger partial charge in [-0.3, -0.25) is 14.3 Å². The second-order valence-corrected chi connectivity index (χ2v) is 6.21. The molecule has 1 unspecified atom stereocenters. The lowest BCUT2D eigenvalue weighted by Gasteiger charge is -2.22. The summed E-state index contributed by atoms with van der Waals surface area (Å²) in [5, 5.41) is 13.3. The first-order chi connectivity index (χ1) is 12.7. The third-order valence-corrected chi connectivity index (χ3v) is 4.30. The fourth-order valence-corrected chi connectivity index (χ4v) is 2.89. The van der Waals surface area contributed by atoms with Crippen LogP contribution < -0.4 is 16.0 Å². The van der Waals surface area contributed by atoms with Crippen molar-refractivity contribution in [1.82, 2.24) is 20.4 Å². The number of amides is 2. The van der Waals surface area contributed by atoms with Crippen molar-refractivity contribution >= 4 is 17.5 Å². The largest absolute Gasteiger partial charge is 0.349 e. The Bertz CT molecular complexity index is 775. The zero-order chi connectivity index (χ0) is 18.4. The summed E-state index contributed by atoms with van der Waals surface area (Å²) in [6.07, 6.45) is 5.64. The van der Waals surface area contributed by atoms with Crippen LogP contribution in [0.1, 0.15) is 39.7 Å². The summed E-state index contributed by atoms with van der Waals surface area (Å²) in [5.74, 6) is -0.445. The van der Waals surface area contributed by atoms with Crippen molar-refractivity contribution in [3.8, 4) is 0 Å². The molecule has 1 atom stereocenters. The lowest BCUT2D eigenvalue weighted by Crippen LogP contribution is -2.32. The molecule has 2 heterocycles. The molecule has 1 aromatic heterocycles. The molecule has 136 valence electrons. The van der Waals surface area contributed by atoms with Gasteiger partial charge in [-0.25, -0.2) is 0 Å². The Balaban J connectivity index is 1.60. The van der Waals surface area contributed by atoms with Crippen molar-refractivity contribution in [2.45, 2.75) is 18.9 Å². The Kier molecular flexibility index (Phi) is 5.80. The number of hydrogen-bond acceptors (Lipinski definition) is 4. The minimum atomic E-state index is -0.267. The molecule has 3 rings (SSSR count). The van der Waals surface area contributed by atoms with Gasteiger partial charge in [0.2, 0.25) is 0 Å². The molecular formula is C19H23N5O2. The number of nitrogens with one attached hydrogen (secondary N) is 3. The molecule has 1 aliphatic heterocycles. The average molecular weight is 353 g/mol. The van der Waals surface area contributed by atoms with Crippen molar-refractivity contribution in [1.29, 1.82) is 0 Å². The van der Waals surface area contributed by atoms with Crippen LogP contribution in [-0.2, 0) is 0 Å². The highest BCUT2D eigenvalue weighted by molar-refractivity contribution is 6.03. The SMILES string of the molecule is C=CCNC(=O)c1ccc(NC(=O)c2ccn(C3CCCNC3)n2)cc1. The second kappa shape index (κ2) is 8.44. The van der Waals surface area contributed by atoms with Crippen LogP contribution in [0.2, 0.25) is 0 Å². The first kappa shape index (κ1) is 17.9. The molecule has 0 bridgehead atoms. The van der Waals surface area contributed by atoms with Crippen molar-refractivity contribution in [3.05, 3.63) is 60.4 Å². The van der Waals surface area contributed by atoms with Crippen LogP contribution in [0.15, 0.2) is 49.2 Å². The molecule has 7 heteroatoms. The minimum absolute atomic E-state index is 0.178. The lowest BCUT2D eigenvalue weighted by molar-refractivity contribution is 0.0957. The second-order valence-electron chi connectivity index (χ2n) is 6.21. The van der Waals surface area contributed by atoms with E-state index in [1.165, 1.54) is 0 Å². The van der Waals surface area contributed by atoms with Gasteiger partial charge < -0.3 is 16.0 Å². The van der Waals surface area contributed by atoms with E-state index in [2.05, 4.69) is 27.6 Å². The summed E-state index contributed by atoms with van der Waals surface area (Å²) in [4.78, 5) is 24.2. The molecule has 2 amide bonds. The molecule has 1 aromatic carbocycles. The van der Waals surface area contributed by atoms with Gasteiger partial charge in [0, 0.05) is 30.5 Å². The summed E-state index contributed by atoms with van der Waals surface area (Å²) in [5.41, 5.74) is 1.52. The summed E-state index contributed by atoms with van der Waals surface area (Å²) in [6.45, 7) is 5.88. The lowest BCUT2D eigenvalue weighted by atomic mass is 10.1. The minimum Gasteiger partial charge on any atom is -0.349 e. The van der Waals surface area contributed by atoms with Gasteiger partial charge >= 0.3 is 0 Å². The molecular weight excluding hydrogens is 330 g/mol. The molecule has 1 aliphatic rings. The van der Waals surface area contributed by atoms with E-state index in [-0.39, 0.29) is 11.8 Å². The first-order valence-electron chi connectivity index (χ1n) is 8.74. The van der Waals surface area contributed by atoms with Crippen LogP contribution in [0, 0.1) is 0 Å². The quantitative estimate of drug-likeness (QED) is 0.693. The molecule has 2 aromatic rings. The fraction of sp³-hybridized carbons (Fsp3) is 0.316. The molecule has 26 heavy (non-hydrogen) atoms. The van der Waals surface area contributed by atoms with Crippen molar-refractivity contribution < 1.29 is 9.59 Å². The Morgan fingerprint density at radius 3 is 2.77 bits per heavy atom. The van der Waals surface area contributed by atoms with Gasteiger partial charge in [0.1, 0.15) is 0 Å². The summed E-state index contributed by atoms with van der Waals surface area (Å²) >= 11 is 0. The van der Waals surface area contributed by atoms with Crippen LogP contribution in [0.3, 0.4) is 0 Å². The highest BCUT2D eigenvalue weighted by Gasteiger charge is 2.17. The number of rotatable bonds is 6. The third-order valence-electron chi connectivity index (χ3n) is 4.30. The normalized spacial score (nSPS) is 16.7. The summed E-state index contributed by atoms with van der Waals surface area (Å²) in [6, 6.07) is 8.74. The van der Waals surface area contributed by atoms with Gasteiger partial charge in [-0.2, -0.15) is 5.10 Å². The fourth-order valence-electron chi connectivity index (χ4n) is 2.89. The molecule has 3 N–H and O–H groups in total. The van der Waals surface area contributed by atoms with E-state index in [1.807, 2.05) is 10.9 Å². The number of aromatic nitrogens is 2. The Labute approximate surface area is 152 Å². The Morgan fingerprint density at radius 1 is 1.27 bits per heavy atom. The van der Waals surface area contributed by atoms with Crippen LogP contribution >= 0.6 is 0 Å². The van der Waals surface area contributed by atoms with E-state index in [0.717, 1.165) is 25.9 Å². The van der Waals surface area contributed by atoms with E-state index >= 15 is 0 Å². The Morgan fingerprint density at radius 2 is 2.08 bits per heavy atom. The number of piperidine rings is 1. The number of benzene rings is 1. The van der Waals surface area contributed by atoms with E-state index in [1.54, 1.807) is 36.4 Å². The predicted molar refractivity (Wildman–Crippen MR) is 100 cm³/mol. The number of carbonyl (C=O) groups is 2. The van der Waals surface area contributed by atoms with E-state index in [4.69, 9.17) is 0 Å². The van der Waals surface area contributed by atoms with Crippen molar-refractivity contribution in [2.24, 2.45) is 0 Å². The Hall–Kier alpha value is -2.93. The molecule has 1 fully saturated rings. The highest BCUT2D eigenvalue weighted by atomic mass is 16.2. The third kappa shape index (κ3) is 4.37. The zero-order valence-corrected chi connectivity index (χ0v) is 14.6. The topological polar surface area (TPSA) is 88.0 Å². The summed E-state index contributed by atoms with van der Waals surface area (Å²) < 4.78 is 1.86. The molecule has 0 radical (unpaired) electrons. The summed E-state index contributed by atoms with van der Waals surface area (Å²) in [7, 11) is 0. The highest BCUT2D eigenvalue weighted by Crippen LogP contribution is 2.16. The predicted octanol–water partition coefficient (Wildman–Crippen LogP) is 1.98. The van der Waals surface area contributed by atoms with Crippen molar-refractivity contribution in [3.63, 3.8) is 0 Å². The van der Waals surface area contributed by atoms with Crippen molar-refractivity contribution in [2.75, 3.05) is 25.0 Å². The van der Waals surface area contributed by atoms with Crippen LogP contribution in [0.4, 0.5) is 5.69 Å². The average Bonchev–Trinajstić information content (AvgIpc) is 3.18. The van der Waals surface area contributed by atoms with Gasteiger partial charge in [-0.15, -0.1) is 6.58 Å².